The number of nitrogens with zero attached hydrogens (tertiary/aromatic N) is 2. The lowest BCUT2D eigenvalue weighted by Crippen LogP contribution is -2.11. The third-order valence-electron chi connectivity index (χ3n) is 3.69. The molecule has 0 aliphatic rings. The summed E-state index contributed by atoms with van der Waals surface area (Å²) in [6.07, 6.45) is 4.68. The summed E-state index contributed by atoms with van der Waals surface area (Å²) in [6.45, 7) is 0. The first-order valence-electron chi connectivity index (χ1n) is 6.95. The smallest absolute Gasteiger partial charge is 0.146 e. The second kappa shape index (κ2) is 6.19. The van der Waals surface area contributed by atoms with Crippen LogP contribution in [-0.4, -0.2) is 22.5 Å². The van der Waals surface area contributed by atoms with Gasteiger partial charge in [0.2, 0.25) is 0 Å². The summed E-state index contributed by atoms with van der Waals surface area (Å²) < 4.78 is 7.70. The summed E-state index contributed by atoms with van der Waals surface area (Å²) in [5, 5.41) is 0. The molecule has 0 bridgehead atoms. The molecule has 1 atom stereocenters. The molecular weight excluding hydrogens is 284 g/mol. The second-order valence-electron chi connectivity index (χ2n) is 4.87. The number of methoxy groups -OCH3 is 1. The van der Waals surface area contributed by atoms with Crippen LogP contribution in [0.4, 0.5) is 0 Å². The number of halogens is 1. The molecule has 0 fully saturated rings. The van der Waals surface area contributed by atoms with Gasteiger partial charge in [0, 0.05) is 24.3 Å². The van der Waals surface area contributed by atoms with Gasteiger partial charge in [-0.15, -0.1) is 11.6 Å². The fraction of sp³-hybridized carbons (Fsp3) is 0.235. The highest BCUT2D eigenvalue weighted by Crippen LogP contribution is 2.32. The number of hydrogen-bond donors (Lipinski definition) is 0. The van der Waals surface area contributed by atoms with Crippen molar-refractivity contribution in [2.75, 3.05) is 13.0 Å². The number of fused-ring (bicyclic) bond motifs is 1. The quantitative estimate of drug-likeness (QED) is 0.658. The van der Waals surface area contributed by atoms with Gasteiger partial charge in [-0.25, -0.2) is 0 Å². The topological polar surface area (TPSA) is 27.1 Å². The summed E-state index contributed by atoms with van der Waals surface area (Å²) in [7, 11) is 1.69. The van der Waals surface area contributed by atoms with Crippen LogP contribution in [0.25, 0.3) is 11.0 Å². The highest BCUT2D eigenvalue weighted by atomic mass is 35.5. The van der Waals surface area contributed by atoms with Gasteiger partial charge in [0.1, 0.15) is 11.3 Å². The average Bonchev–Trinajstić information content (AvgIpc) is 2.97. The minimum absolute atomic E-state index is 0.180. The zero-order valence-corrected chi connectivity index (χ0v) is 12.6. The van der Waals surface area contributed by atoms with Crippen LogP contribution in [0.15, 0.2) is 54.9 Å². The van der Waals surface area contributed by atoms with Crippen LogP contribution in [0, 0.1) is 0 Å². The van der Waals surface area contributed by atoms with Crippen molar-refractivity contribution in [3.8, 4) is 5.75 Å². The predicted octanol–water partition coefficient (Wildman–Crippen LogP) is 4.26. The van der Waals surface area contributed by atoms with E-state index in [1.807, 2.05) is 18.2 Å². The maximum atomic E-state index is 6.03. The van der Waals surface area contributed by atoms with E-state index in [4.69, 9.17) is 16.3 Å². The Morgan fingerprint density at radius 2 is 2.00 bits per heavy atom. The normalized spacial score (nSPS) is 12.5. The van der Waals surface area contributed by atoms with Crippen molar-refractivity contribution in [1.29, 1.82) is 0 Å². The highest BCUT2D eigenvalue weighted by Gasteiger charge is 2.17. The van der Waals surface area contributed by atoms with Crippen molar-refractivity contribution in [2.45, 2.75) is 12.5 Å². The van der Waals surface area contributed by atoms with Crippen molar-refractivity contribution < 1.29 is 4.74 Å². The van der Waals surface area contributed by atoms with Gasteiger partial charge in [-0.05, 0) is 18.1 Å². The molecule has 4 heteroatoms. The number of rotatable bonds is 5. The van der Waals surface area contributed by atoms with Crippen molar-refractivity contribution in [3.05, 3.63) is 60.4 Å². The third-order valence-corrected chi connectivity index (χ3v) is 3.91. The fourth-order valence-corrected chi connectivity index (χ4v) is 2.93. The molecule has 0 saturated heterocycles. The maximum absolute atomic E-state index is 6.03. The SMILES string of the molecule is COc1ccnc2ccn(C(CCCl)c3ccccc3)c12. The van der Waals surface area contributed by atoms with E-state index in [2.05, 4.69) is 40.0 Å². The van der Waals surface area contributed by atoms with Gasteiger partial charge in [-0.1, -0.05) is 30.3 Å². The predicted molar refractivity (Wildman–Crippen MR) is 86.2 cm³/mol. The van der Waals surface area contributed by atoms with Gasteiger partial charge >= 0.3 is 0 Å². The molecule has 0 aliphatic heterocycles. The van der Waals surface area contributed by atoms with Crippen LogP contribution in [0.1, 0.15) is 18.0 Å². The number of benzene rings is 1. The van der Waals surface area contributed by atoms with Gasteiger partial charge in [0.25, 0.3) is 0 Å². The van der Waals surface area contributed by atoms with Crippen LogP contribution in [0.3, 0.4) is 0 Å². The fourth-order valence-electron chi connectivity index (χ4n) is 2.73. The van der Waals surface area contributed by atoms with E-state index >= 15 is 0 Å². The van der Waals surface area contributed by atoms with Crippen molar-refractivity contribution >= 4 is 22.6 Å². The molecule has 3 aromatic rings. The number of aromatic nitrogens is 2. The van der Waals surface area contributed by atoms with Crippen LogP contribution in [-0.2, 0) is 0 Å². The molecule has 1 unspecified atom stereocenters. The lowest BCUT2D eigenvalue weighted by molar-refractivity contribution is 0.415. The molecule has 21 heavy (non-hydrogen) atoms. The Morgan fingerprint density at radius 1 is 1.19 bits per heavy atom. The molecule has 3 nitrogen and oxygen atoms in total. The molecule has 0 aliphatic carbocycles. The molecule has 1 aromatic carbocycles. The molecule has 0 radical (unpaired) electrons. The number of pyridine rings is 1. The van der Waals surface area contributed by atoms with Gasteiger partial charge in [0.15, 0.2) is 0 Å². The summed E-state index contributed by atoms with van der Waals surface area (Å²) in [5.74, 6) is 1.43. The van der Waals surface area contributed by atoms with Crippen molar-refractivity contribution in [1.82, 2.24) is 9.55 Å². The van der Waals surface area contributed by atoms with E-state index in [1.54, 1.807) is 13.3 Å². The lowest BCUT2D eigenvalue weighted by Gasteiger charge is -2.20. The highest BCUT2D eigenvalue weighted by molar-refractivity contribution is 6.17. The molecule has 3 rings (SSSR count). The van der Waals surface area contributed by atoms with Gasteiger partial charge < -0.3 is 9.30 Å². The summed E-state index contributed by atoms with van der Waals surface area (Å²) in [5.41, 5.74) is 3.19. The lowest BCUT2D eigenvalue weighted by atomic mass is 10.0. The second-order valence-corrected chi connectivity index (χ2v) is 5.25. The summed E-state index contributed by atoms with van der Waals surface area (Å²) in [6, 6.07) is 14.5. The molecule has 0 N–H and O–H groups in total. The Bertz CT molecular complexity index is 724. The maximum Gasteiger partial charge on any atom is 0.146 e. The molecule has 0 amide bonds. The Kier molecular flexibility index (Phi) is 4.11. The minimum atomic E-state index is 0.180. The van der Waals surface area contributed by atoms with E-state index in [-0.39, 0.29) is 6.04 Å². The summed E-state index contributed by atoms with van der Waals surface area (Å²) in [4.78, 5) is 4.41. The van der Waals surface area contributed by atoms with Crippen LogP contribution in [0.5, 0.6) is 5.75 Å². The first kappa shape index (κ1) is 14.0. The Balaban J connectivity index is 2.16. The molecular formula is C17H17ClN2O. The number of hydrogen-bond acceptors (Lipinski definition) is 2. The van der Waals surface area contributed by atoms with Crippen LogP contribution in [0.2, 0.25) is 0 Å². The van der Waals surface area contributed by atoms with E-state index < -0.39 is 0 Å². The number of ether oxygens (including phenoxy) is 1. The first-order valence-corrected chi connectivity index (χ1v) is 7.49. The average molecular weight is 301 g/mol. The van der Waals surface area contributed by atoms with Crippen LogP contribution < -0.4 is 4.74 Å². The molecule has 0 spiro atoms. The van der Waals surface area contributed by atoms with Gasteiger partial charge in [-0.3, -0.25) is 4.98 Å². The molecule has 0 saturated carbocycles. The molecule has 108 valence electrons. The number of alkyl halides is 1. The standard InChI is InChI=1S/C17H17ClN2O/c1-21-16-8-11-19-14-9-12-20(17(14)16)15(7-10-18)13-5-3-2-4-6-13/h2-6,8-9,11-12,15H,7,10H2,1H3. The van der Waals surface area contributed by atoms with E-state index in [1.165, 1.54) is 5.56 Å². The molecule has 2 heterocycles. The minimum Gasteiger partial charge on any atom is -0.494 e. The van der Waals surface area contributed by atoms with Gasteiger partial charge in [-0.2, -0.15) is 0 Å². The van der Waals surface area contributed by atoms with Gasteiger partial charge in [0.05, 0.1) is 18.7 Å². The largest absolute Gasteiger partial charge is 0.494 e. The zero-order valence-electron chi connectivity index (χ0n) is 11.9. The third kappa shape index (κ3) is 2.61. The van der Waals surface area contributed by atoms with Crippen LogP contribution >= 0.6 is 11.6 Å². The summed E-state index contributed by atoms with van der Waals surface area (Å²) >= 11 is 6.03. The Morgan fingerprint density at radius 3 is 2.71 bits per heavy atom. The molecule has 2 aromatic heterocycles. The van der Waals surface area contributed by atoms with Crippen molar-refractivity contribution in [2.24, 2.45) is 0 Å². The Hall–Kier alpha value is -2.00. The van der Waals surface area contributed by atoms with E-state index in [9.17, 15) is 0 Å². The zero-order chi connectivity index (χ0) is 14.7. The van der Waals surface area contributed by atoms with E-state index in [0.29, 0.717) is 5.88 Å². The van der Waals surface area contributed by atoms with Crippen molar-refractivity contribution in [3.63, 3.8) is 0 Å². The first-order chi connectivity index (χ1) is 10.3. The van der Waals surface area contributed by atoms with E-state index in [0.717, 1.165) is 23.2 Å². The monoisotopic (exact) mass is 300 g/mol. The Labute approximate surface area is 129 Å².